The second-order valence-corrected chi connectivity index (χ2v) is 10.3. The van der Waals surface area contributed by atoms with Crippen LogP contribution in [0.25, 0.3) is 0 Å². The van der Waals surface area contributed by atoms with E-state index in [2.05, 4.69) is 27.7 Å². The van der Waals surface area contributed by atoms with Crippen molar-refractivity contribution in [2.45, 2.75) is 32.9 Å². The van der Waals surface area contributed by atoms with E-state index < -0.39 is 17.9 Å². The number of amides is 1. The molecule has 0 saturated carbocycles. The average Bonchev–Trinajstić information content (AvgIpc) is 3.03. The van der Waals surface area contributed by atoms with E-state index in [1.54, 1.807) is 51.3 Å². The van der Waals surface area contributed by atoms with E-state index >= 15 is 0 Å². The number of ether oxygens (including phenoxy) is 4. The number of carbonyl (C=O) groups is 2. The van der Waals surface area contributed by atoms with Gasteiger partial charge in [-0.2, -0.15) is 5.10 Å². The van der Waals surface area contributed by atoms with Gasteiger partial charge < -0.3 is 29.6 Å². The van der Waals surface area contributed by atoms with Gasteiger partial charge in [0.1, 0.15) is 12.4 Å². The summed E-state index contributed by atoms with van der Waals surface area (Å²) in [6.45, 7) is 7.63. The largest absolute Gasteiger partial charge is 0.493 e. The molecule has 1 atom stereocenters. The second-order valence-electron chi connectivity index (χ2n) is 9.89. The Morgan fingerprint density at radius 3 is 2.56 bits per heavy atom. The van der Waals surface area contributed by atoms with Crippen molar-refractivity contribution in [3.05, 3.63) is 113 Å². The van der Waals surface area contributed by atoms with E-state index in [9.17, 15) is 9.59 Å². The van der Waals surface area contributed by atoms with E-state index in [0.717, 1.165) is 11.1 Å². The van der Waals surface area contributed by atoms with Crippen molar-refractivity contribution < 1.29 is 28.5 Å². The zero-order valence-electron chi connectivity index (χ0n) is 25.4. The number of thiocarbonyl (C=S) groups is 1. The van der Waals surface area contributed by atoms with Crippen LogP contribution in [0.5, 0.6) is 17.2 Å². The average molecular weight is 629 g/mol. The molecule has 1 heterocycles. The van der Waals surface area contributed by atoms with Gasteiger partial charge >= 0.3 is 5.97 Å². The van der Waals surface area contributed by atoms with Gasteiger partial charge in [-0.05, 0) is 61.8 Å². The number of esters is 1. The lowest BCUT2D eigenvalue weighted by molar-refractivity contribution is -0.139. The first kappa shape index (κ1) is 32.7. The van der Waals surface area contributed by atoms with Crippen molar-refractivity contribution in [1.29, 1.82) is 0 Å². The highest BCUT2D eigenvalue weighted by atomic mass is 32.1. The zero-order valence-corrected chi connectivity index (χ0v) is 26.2. The standard InChI is InChI=1S/C34H36N4O6S/c1-5-12-25-17-24(18-28(41-4)32(25)44-20-23-13-8-7-9-14-23)19-35-38-29(39)21-43-27-16-11-10-15-26(27)31-30(33(40)42-6-2)22(3)36-34(45)37-31/h5,7-11,13-19,31H,1,6,12,20-21H2,2-4H3,(H,38,39)(H2,36,37,45)/t31-/m1/s1. The molecule has 0 radical (unpaired) electrons. The highest BCUT2D eigenvalue weighted by molar-refractivity contribution is 7.80. The third-order valence-electron chi connectivity index (χ3n) is 6.72. The van der Waals surface area contributed by atoms with Gasteiger partial charge in [0.15, 0.2) is 23.2 Å². The van der Waals surface area contributed by atoms with Gasteiger partial charge in [0.2, 0.25) is 0 Å². The summed E-state index contributed by atoms with van der Waals surface area (Å²) in [5.74, 6) is 0.602. The number of carbonyl (C=O) groups excluding carboxylic acids is 2. The van der Waals surface area contributed by atoms with Crippen molar-refractivity contribution in [1.82, 2.24) is 16.1 Å². The van der Waals surface area contributed by atoms with Crippen LogP contribution in [0.1, 0.15) is 42.1 Å². The van der Waals surface area contributed by atoms with Crippen molar-refractivity contribution in [3.8, 4) is 17.2 Å². The Morgan fingerprint density at radius 2 is 1.82 bits per heavy atom. The normalized spacial score (nSPS) is 14.3. The highest BCUT2D eigenvalue weighted by Gasteiger charge is 2.32. The maximum atomic E-state index is 12.8. The van der Waals surface area contributed by atoms with Crippen LogP contribution in [0.4, 0.5) is 0 Å². The first-order chi connectivity index (χ1) is 21.8. The molecule has 0 saturated heterocycles. The monoisotopic (exact) mass is 628 g/mol. The molecule has 0 unspecified atom stereocenters. The van der Waals surface area contributed by atoms with Crippen LogP contribution >= 0.6 is 12.2 Å². The van der Waals surface area contributed by atoms with E-state index in [1.165, 1.54) is 6.21 Å². The summed E-state index contributed by atoms with van der Waals surface area (Å²) in [5.41, 5.74) is 6.66. The van der Waals surface area contributed by atoms with Crippen molar-refractivity contribution in [2.24, 2.45) is 5.10 Å². The molecule has 3 aromatic rings. The summed E-state index contributed by atoms with van der Waals surface area (Å²) in [6, 6.07) is 20.0. The lowest BCUT2D eigenvalue weighted by atomic mass is 9.95. The summed E-state index contributed by atoms with van der Waals surface area (Å²) in [7, 11) is 1.57. The minimum Gasteiger partial charge on any atom is -0.493 e. The van der Waals surface area contributed by atoms with Gasteiger partial charge in [0.05, 0.1) is 31.5 Å². The molecule has 0 aromatic heterocycles. The molecule has 0 spiro atoms. The van der Waals surface area contributed by atoms with Gasteiger partial charge in [0, 0.05) is 16.8 Å². The molecule has 3 aromatic carbocycles. The van der Waals surface area contributed by atoms with Crippen molar-refractivity contribution >= 4 is 35.4 Å². The third-order valence-corrected chi connectivity index (χ3v) is 6.94. The first-order valence-electron chi connectivity index (χ1n) is 14.3. The van der Waals surface area contributed by atoms with E-state index in [4.69, 9.17) is 31.2 Å². The Kier molecular flexibility index (Phi) is 11.7. The number of hydrazone groups is 1. The molecule has 0 bridgehead atoms. The third kappa shape index (κ3) is 8.70. The second kappa shape index (κ2) is 16.1. The maximum Gasteiger partial charge on any atom is 0.338 e. The molecule has 3 N–H and O–H groups in total. The molecule has 1 amide bonds. The van der Waals surface area contributed by atoms with Crippen LogP contribution in [-0.2, 0) is 27.4 Å². The summed E-state index contributed by atoms with van der Waals surface area (Å²) >= 11 is 5.33. The Bertz CT molecular complexity index is 1610. The number of nitrogens with zero attached hydrogens (tertiary/aromatic N) is 1. The molecular weight excluding hydrogens is 592 g/mol. The highest BCUT2D eigenvalue weighted by Crippen LogP contribution is 2.35. The van der Waals surface area contributed by atoms with Crippen molar-refractivity contribution in [3.63, 3.8) is 0 Å². The number of benzene rings is 3. The van der Waals surface area contributed by atoms with Crippen LogP contribution < -0.4 is 30.3 Å². The molecular formula is C34H36N4O6S. The lowest BCUT2D eigenvalue weighted by Gasteiger charge is -2.30. The van der Waals surface area contributed by atoms with Crippen molar-refractivity contribution in [2.75, 3.05) is 20.3 Å². The fourth-order valence-electron chi connectivity index (χ4n) is 4.72. The van der Waals surface area contributed by atoms with E-state index in [1.807, 2.05) is 42.5 Å². The fraction of sp³-hybridized carbons (Fsp3) is 0.235. The van der Waals surface area contributed by atoms with Crippen LogP contribution in [0.3, 0.4) is 0 Å². The Hall–Kier alpha value is -5.16. The number of rotatable bonds is 14. The van der Waals surface area contributed by atoms with Gasteiger partial charge in [-0.15, -0.1) is 6.58 Å². The number of methoxy groups -OCH3 is 1. The summed E-state index contributed by atoms with van der Waals surface area (Å²) in [6.07, 6.45) is 3.84. The minimum atomic E-state index is -0.630. The Balaban J connectivity index is 1.43. The smallest absolute Gasteiger partial charge is 0.338 e. The van der Waals surface area contributed by atoms with E-state index in [0.29, 0.717) is 57.8 Å². The van der Waals surface area contributed by atoms with Crippen LogP contribution in [0.15, 0.2) is 95.8 Å². The SMILES string of the molecule is C=CCc1cc(C=NNC(=O)COc2ccccc2[C@H]2NC(=S)NC(C)=C2C(=O)OCC)cc(OC)c1OCc1ccccc1. The molecule has 4 rings (SSSR count). The topological polar surface area (TPSA) is 120 Å². The Morgan fingerprint density at radius 1 is 1.07 bits per heavy atom. The van der Waals surface area contributed by atoms with E-state index in [-0.39, 0.29) is 13.2 Å². The molecule has 0 aliphatic carbocycles. The number of allylic oxidation sites excluding steroid dienone is 2. The summed E-state index contributed by atoms with van der Waals surface area (Å²) < 4.78 is 22.9. The molecule has 1 aliphatic heterocycles. The number of nitrogens with one attached hydrogen (secondary N) is 3. The molecule has 1 aliphatic rings. The maximum absolute atomic E-state index is 12.8. The molecule has 10 nitrogen and oxygen atoms in total. The first-order valence-corrected chi connectivity index (χ1v) is 14.7. The number of hydrogen-bond acceptors (Lipinski definition) is 8. The predicted octanol–water partition coefficient (Wildman–Crippen LogP) is 4.89. The van der Waals surface area contributed by atoms with Gasteiger partial charge in [-0.25, -0.2) is 10.2 Å². The van der Waals surface area contributed by atoms with Gasteiger partial charge in [-0.1, -0.05) is 54.6 Å². The molecule has 45 heavy (non-hydrogen) atoms. The van der Waals surface area contributed by atoms with Crippen LogP contribution in [0.2, 0.25) is 0 Å². The van der Waals surface area contributed by atoms with Crippen LogP contribution in [-0.4, -0.2) is 43.5 Å². The lowest BCUT2D eigenvalue weighted by Crippen LogP contribution is -2.45. The van der Waals surface area contributed by atoms with Crippen LogP contribution in [0, 0.1) is 0 Å². The number of hydrogen-bond donors (Lipinski definition) is 3. The predicted molar refractivity (Wildman–Crippen MR) is 176 cm³/mol. The van der Waals surface area contributed by atoms with Gasteiger partial charge in [-0.3, -0.25) is 4.79 Å². The Labute approximate surface area is 268 Å². The number of para-hydroxylation sites is 1. The molecule has 0 fully saturated rings. The summed E-state index contributed by atoms with van der Waals surface area (Å²) in [4.78, 5) is 25.5. The molecule has 11 heteroatoms. The molecule has 234 valence electrons. The van der Waals surface area contributed by atoms with Gasteiger partial charge in [0.25, 0.3) is 5.91 Å². The quantitative estimate of drug-likeness (QED) is 0.0754. The summed E-state index contributed by atoms with van der Waals surface area (Å²) in [5, 5.41) is 10.5. The minimum absolute atomic E-state index is 0.222. The zero-order chi connectivity index (χ0) is 32.2. The fourth-order valence-corrected chi connectivity index (χ4v) is 4.99.